The van der Waals surface area contributed by atoms with Crippen molar-refractivity contribution in [1.82, 2.24) is 20.1 Å². The van der Waals surface area contributed by atoms with Crippen LogP contribution in [0.2, 0.25) is 0 Å². The molecule has 1 fully saturated rings. The van der Waals surface area contributed by atoms with Gasteiger partial charge in [-0.25, -0.2) is 0 Å². The molecule has 0 bridgehead atoms. The van der Waals surface area contributed by atoms with Crippen molar-refractivity contribution in [1.29, 1.82) is 0 Å². The summed E-state index contributed by atoms with van der Waals surface area (Å²) in [5.74, 6) is 0.0175. The van der Waals surface area contributed by atoms with Gasteiger partial charge in [-0.2, -0.15) is 0 Å². The topological polar surface area (TPSA) is 48.5 Å². The van der Waals surface area contributed by atoms with Crippen LogP contribution in [0.5, 0.6) is 0 Å². The summed E-state index contributed by atoms with van der Waals surface area (Å²) in [6.07, 6.45) is 3.28. The van der Waals surface area contributed by atoms with E-state index in [1.165, 1.54) is 0 Å². The number of rotatable bonds is 4. The average molecular weight is 327 g/mol. The Morgan fingerprint density at radius 3 is 2.89 bits per heavy atom. The third-order valence-corrected chi connectivity index (χ3v) is 3.69. The Balaban J connectivity index is 1.85. The summed E-state index contributed by atoms with van der Waals surface area (Å²) in [5, 5.41) is 3.32. The lowest BCUT2D eigenvalue weighted by atomic mass is 10.2. The van der Waals surface area contributed by atoms with Gasteiger partial charge < -0.3 is 10.2 Å². The third kappa shape index (κ3) is 4.26. The van der Waals surface area contributed by atoms with E-state index in [1.807, 2.05) is 7.05 Å². The first-order valence-corrected chi connectivity index (χ1v) is 7.25. The minimum atomic E-state index is 0.0175. The number of carbonyl (C=O) groups is 1. The van der Waals surface area contributed by atoms with Crippen LogP contribution in [0.15, 0.2) is 22.9 Å². The fourth-order valence-electron chi connectivity index (χ4n) is 2.08. The van der Waals surface area contributed by atoms with Crippen LogP contribution in [0.4, 0.5) is 0 Å². The molecule has 0 aliphatic carbocycles. The molecule has 2 rings (SSSR count). The summed E-state index contributed by atoms with van der Waals surface area (Å²) in [4.78, 5) is 20.4. The number of nitrogens with one attached hydrogen (secondary N) is 1. The fraction of sp³-hybridized carbons (Fsp3) is 0.538. The number of nitrogens with zero attached hydrogens (tertiary/aromatic N) is 3. The van der Waals surface area contributed by atoms with Crippen LogP contribution in [0.1, 0.15) is 10.4 Å². The highest BCUT2D eigenvalue weighted by Crippen LogP contribution is 2.11. The smallest absolute Gasteiger partial charge is 0.255 e. The summed E-state index contributed by atoms with van der Waals surface area (Å²) in [6.45, 7) is 5.85. The highest BCUT2D eigenvalue weighted by atomic mass is 79.9. The number of piperazine rings is 1. The molecule has 104 valence electrons. The van der Waals surface area contributed by atoms with Crippen molar-refractivity contribution in [3.63, 3.8) is 0 Å². The molecule has 1 aromatic rings. The van der Waals surface area contributed by atoms with E-state index < -0.39 is 0 Å². The molecular weight excluding hydrogens is 308 g/mol. The van der Waals surface area contributed by atoms with Gasteiger partial charge in [-0.3, -0.25) is 14.7 Å². The van der Waals surface area contributed by atoms with Crippen LogP contribution in [0, 0.1) is 0 Å². The molecule has 2 heterocycles. The van der Waals surface area contributed by atoms with Crippen molar-refractivity contribution in [2.45, 2.75) is 0 Å². The van der Waals surface area contributed by atoms with Crippen molar-refractivity contribution in [3.8, 4) is 0 Å². The largest absolute Gasteiger partial charge is 0.340 e. The highest BCUT2D eigenvalue weighted by molar-refractivity contribution is 9.10. The second-order valence-electron chi connectivity index (χ2n) is 4.71. The second kappa shape index (κ2) is 6.98. The summed E-state index contributed by atoms with van der Waals surface area (Å²) >= 11 is 3.33. The summed E-state index contributed by atoms with van der Waals surface area (Å²) in [5.41, 5.74) is 0.622. The van der Waals surface area contributed by atoms with Crippen LogP contribution in [-0.4, -0.2) is 67.0 Å². The van der Waals surface area contributed by atoms with E-state index in [0.29, 0.717) is 5.56 Å². The molecule has 5 nitrogen and oxygen atoms in total. The lowest BCUT2D eigenvalue weighted by Crippen LogP contribution is -2.46. The minimum absolute atomic E-state index is 0.0175. The van der Waals surface area contributed by atoms with Gasteiger partial charge in [0, 0.05) is 63.2 Å². The number of halogens is 1. The molecule has 0 atom stereocenters. The van der Waals surface area contributed by atoms with E-state index in [4.69, 9.17) is 0 Å². The van der Waals surface area contributed by atoms with Crippen LogP contribution in [0.3, 0.4) is 0 Å². The Hall–Kier alpha value is -0.980. The molecule has 0 saturated carbocycles. The molecular formula is C13H19BrN4O. The van der Waals surface area contributed by atoms with Gasteiger partial charge >= 0.3 is 0 Å². The van der Waals surface area contributed by atoms with Crippen molar-refractivity contribution < 1.29 is 4.79 Å². The molecule has 0 unspecified atom stereocenters. The molecule has 1 amide bonds. The lowest BCUT2D eigenvalue weighted by molar-refractivity contribution is 0.0774. The van der Waals surface area contributed by atoms with E-state index in [2.05, 4.69) is 31.1 Å². The Labute approximate surface area is 122 Å². The van der Waals surface area contributed by atoms with Crippen molar-refractivity contribution in [2.24, 2.45) is 0 Å². The second-order valence-corrected chi connectivity index (χ2v) is 5.63. The molecule has 1 saturated heterocycles. The highest BCUT2D eigenvalue weighted by Gasteiger charge is 2.15. The molecule has 1 aliphatic heterocycles. The van der Waals surface area contributed by atoms with Crippen LogP contribution in [-0.2, 0) is 0 Å². The maximum absolute atomic E-state index is 12.2. The van der Waals surface area contributed by atoms with Gasteiger partial charge in [0.25, 0.3) is 5.91 Å². The van der Waals surface area contributed by atoms with Crippen molar-refractivity contribution in [3.05, 3.63) is 28.5 Å². The predicted octanol–water partition coefficient (Wildman–Crippen LogP) is 0.821. The summed E-state index contributed by atoms with van der Waals surface area (Å²) in [6, 6.07) is 1.80. The molecule has 0 aromatic carbocycles. The fourth-order valence-corrected chi connectivity index (χ4v) is 2.44. The molecule has 6 heteroatoms. The van der Waals surface area contributed by atoms with Crippen molar-refractivity contribution in [2.75, 3.05) is 46.3 Å². The Kier molecular flexibility index (Phi) is 5.30. The SMILES string of the molecule is CN(CCN1CCNCC1)C(=O)c1cncc(Br)c1. The first-order chi connectivity index (χ1) is 9.16. The third-order valence-electron chi connectivity index (χ3n) is 3.26. The van der Waals surface area contributed by atoms with Crippen LogP contribution < -0.4 is 5.32 Å². The van der Waals surface area contributed by atoms with Crippen molar-refractivity contribution >= 4 is 21.8 Å². The van der Waals surface area contributed by atoms with Gasteiger partial charge in [0.05, 0.1) is 5.56 Å². The first kappa shape index (κ1) is 14.4. The number of likely N-dealkylation sites (N-methyl/N-ethyl adjacent to an activating group) is 1. The van der Waals surface area contributed by atoms with Crippen LogP contribution >= 0.6 is 15.9 Å². The van der Waals surface area contributed by atoms with Crippen LogP contribution in [0.25, 0.3) is 0 Å². The zero-order valence-electron chi connectivity index (χ0n) is 11.1. The van der Waals surface area contributed by atoms with E-state index in [-0.39, 0.29) is 5.91 Å². The quantitative estimate of drug-likeness (QED) is 0.890. The molecule has 0 spiro atoms. The zero-order chi connectivity index (χ0) is 13.7. The zero-order valence-corrected chi connectivity index (χ0v) is 12.7. The van der Waals surface area contributed by atoms with Gasteiger partial charge in [-0.1, -0.05) is 0 Å². The maximum Gasteiger partial charge on any atom is 0.255 e. The van der Waals surface area contributed by atoms with E-state index in [0.717, 1.165) is 43.7 Å². The summed E-state index contributed by atoms with van der Waals surface area (Å²) in [7, 11) is 1.84. The standard InChI is InChI=1S/C13H19BrN4O/c1-17(6-7-18-4-2-15-3-5-18)13(19)11-8-12(14)10-16-9-11/h8-10,15H,2-7H2,1H3. The molecule has 1 aromatic heterocycles. The maximum atomic E-state index is 12.2. The minimum Gasteiger partial charge on any atom is -0.340 e. The average Bonchev–Trinajstić information content (AvgIpc) is 2.45. The number of hydrogen-bond donors (Lipinski definition) is 1. The van der Waals surface area contributed by atoms with E-state index >= 15 is 0 Å². The van der Waals surface area contributed by atoms with Gasteiger partial charge in [0.2, 0.25) is 0 Å². The van der Waals surface area contributed by atoms with Gasteiger partial charge in [-0.15, -0.1) is 0 Å². The molecule has 1 aliphatic rings. The predicted molar refractivity (Wildman–Crippen MR) is 78.2 cm³/mol. The number of hydrogen-bond acceptors (Lipinski definition) is 4. The summed E-state index contributed by atoms with van der Waals surface area (Å²) < 4.78 is 0.828. The van der Waals surface area contributed by atoms with Gasteiger partial charge in [0.15, 0.2) is 0 Å². The normalized spacial score (nSPS) is 16.3. The molecule has 1 N–H and O–H groups in total. The monoisotopic (exact) mass is 326 g/mol. The first-order valence-electron chi connectivity index (χ1n) is 6.46. The Bertz CT molecular complexity index is 434. The molecule has 19 heavy (non-hydrogen) atoms. The number of aromatic nitrogens is 1. The van der Waals surface area contributed by atoms with E-state index in [9.17, 15) is 4.79 Å². The van der Waals surface area contributed by atoms with Gasteiger partial charge in [-0.05, 0) is 22.0 Å². The van der Waals surface area contributed by atoms with Gasteiger partial charge in [0.1, 0.15) is 0 Å². The molecule has 0 radical (unpaired) electrons. The number of amides is 1. The lowest BCUT2D eigenvalue weighted by Gasteiger charge is -2.29. The number of pyridine rings is 1. The number of carbonyl (C=O) groups excluding carboxylic acids is 1. The Morgan fingerprint density at radius 1 is 1.47 bits per heavy atom. The Morgan fingerprint density at radius 2 is 2.21 bits per heavy atom. The van der Waals surface area contributed by atoms with E-state index in [1.54, 1.807) is 23.4 Å².